The number of anilines is 1. The van der Waals surface area contributed by atoms with Gasteiger partial charge in [-0.15, -0.1) is 0 Å². The Hall–Kier alpha value is -1.84. The van der Waals surface area contributed by atoms with E-state index >= 15 is 0 Å². The number of aryl methyl sites for hydroxylation is 1. The second-order valence-electron chi connectivity index (χ2n) is 5.54. The number of aromatic nitrogens is 2. The van der Waals surface area contributed by atoms with Crippen molar-refractivity contribution in [3.8, 4) is 0 Å². The zero-order chi connectivity index (χ0) is 13.9. The lowest BCUT2D eigenvalue weighted by molar-refractivity contribution is 0.463. The summed E-state index contributed by atoms with van der Waals surface area (Å²) in [5.74, 6) is -0.175. The van der Waals surface area contributed by atoms with Gasteiger partial charge in [0.25, 0.3) is 0 Å². The van der Waals surface area contributed by atoms with E-state index in [0.717, 1.165) is 11.4 Å². The van der Waals surface area contributed by atoms with Crippen LogP contribution in [0.5, 0.6) is 0 Å². The second-order valence-corrected chi connectivity index (χ2v) is 5.54. The van der Waals surface area contributed by atoms with Crippen molar-refractivity contribution >= 4 is 5.69 Å². The zero-order valence-electron chi connectivity index (χ0n) is 11.8. The quantitative estimate of drug-likeness (QED) is 0.910. The van der Waals surface area contributed by atoms with Crippen LogP contribution in [0.2, 0.25) is 0 Å². The molecule has 0 saturated heterocycles. The normalized spacial score (nSPS) is 15.7. The van der Waals surface area contributed by atoms with E-state index in [1.165, 1.54) is 31.7 Å². The lowest BCUT2D eigenvalue weighted by Gasteiger charge is -2.09. The molecule has 3 rings (SSSR count). The molecule has 1 N–H and O–H groups in total. The number of benzene rings is 1. The lowest BCUT2D eigenvalue weighted by atomic mass is 10.2. The Kier molecular flexibility index (Phi) is 3.72. The molecule has 1 aliphatic rings. The maximum absolute atomic E-state index is 13.5. The van der Waals surface area contributed by atoms with Crippen molar-refractivity contribution in [1.82, 2.24) is 9.78 Å². The Morgan fingerprint density at radius 3 is 2.85 bits per heavy atom. The fourth-order valence-electron chi connectivity index (χ4n) is 2.74. The molecule has 1 aromatic heterocycles. The summed E-state index contributed by atoms with van der Waals surface area (Å²) in [4.78, 5) is 0. The van der Waals surface area contributed by atoms with Gasteiger partial charge in [-0.3, -0.25) is 4.68 Å². The molecular weight excluding hydrogens is 253 g/mol. The average molecular weight is 273 g/mol. The molecule has 0 atom stereocenters. The molecule has 106 valence electrons. The van der Waals surface area contributed by atoms with Crippen molar-refractivity contribution in [2.75, 3.05) is 5.32 Å². The molecule has 1 saturated carbocycles. The van der Waals surface area contributed by atoms with Crippen LogP contribution in [0.15, 0.2) is 30.5 Å². The van der Waals surface area contributed by atoms with Gasteiger partial charge in [0.05, 0.1) is 18.3 Å². The summed E-state index contributed by atoms with van der Waals surface area (Å²) in [6.45, 7) is 2.39. The average Bonchev–Trinajstić information content (AvgIpc) is 3.09. The fourth-order valence-corrected chi connectivity index (χ4v) is 2.74. The molecule has 20 heavy (non-hydrogen) atoms. The number of hydrogen-bond acceptors (Lipinski definition) is 2. The summed E-state index contributed by atoms with van der Waals surface area (Å²) >= 11 is 0. The first kappa shape index (κ1) is 13.2. The highest BCUT2D eigenvalue weighted by Crippen LogP contribution is 2.28. The van der Waals surface area contributed by atoms with Gasteiger partial charge < -0.3 is 5.32 Å². The topological polar surface area (TPSA) is 29.9 Å². The van der Waals surface area contributed by atoms with E-state index in [1.54, 1.807) is 13.0 Å². The van der Waals surface area contributed by atoms with Crippen molar-refractivity contribution in [3.05, 3.63) is 47.5 Å². The second kappa shape index (κ2) is 5.65. The molecule has 1 fully saturated rings. The Bertz CT molecular complexity index is 585. The van der Waals surface area contributed by atoms with Gasteiger partial charge in [-0.2, -0.15) is 5.10 Å². The molecule has 0 bridgehead atoms. The first-order valence-electron chi connectivity index (χ1n) is 7.26. The number of nitrogens with zero attached hydrogens (tertiary/aromatic N) is 2. The van der Waals surface area contributed by atoms with Crippen molar-refractivity contribution in [2.45, 2.75) is 45.2 Å². The third-order valence-corrected chi connectivity index (χ3v) is 4.01. The van der Waals surface area contributed by atoms with E-state index in [-0.39, 0.29) is 5.82 Å². The van der Waals surface area contributed by atoms with Crippen LogP contribution >= 0.6 is 0 Å². The molecule has 3 nitrogen and oxygen atoms in total. The van der Waals surface area contributed by atoms with Crippen LogP contribution in [-0.4, -0.2) is 9.78 Å². The van der Waals surface area contributed by atoms with E-state index in [2.05, 4.69) is 21.3 Å². The van der Waals surface area contributed by atoms with Crippen LogP contribution in [0.25, 0.3) is 0 Å². The minimum Gasteiger partial charge on any atom is -0.379 e. The van der Waals surface area contributed by atoms with Crippen LogP contribution < -0.4 is 5.32 Å². The summed E-state index contributed by atoms with van der Waals surface area (Å²) in [5.41, 5.74) is 2.46. The molecule has 0 amide bonds. The molecular formula is C16H20FN3. The smallest absolute Gasteiger partial charge is 0.128 e. The van der Waals surface area contributed by atoms with Gasteiger partial charge in [-0.05, 0) is 43.5 Å². The monoisotopic (exact) mass is 273 g/mol. The standard InChI is InChI=1S/C16H20FN3/c1-12-6-7-13(10-16(12)17)18-11-14-8-9-20(19-14)15-4-2-3-5-15/h6-10,15,18H,2-5,11H2,1H3. The minimum absolute atomic E-state index is 0.175. The van der Waals surface area contributed by atoms with Crippen LogP contribution in [0, 0.1) is 12.7 Å². The van der Waals surface area contributed by atoms with Gasteiger partial charge in [0.15, 0.2) is 0 Å². The van der Waals surface area contributed by atoms with Crippen LogP contribution in [-0.2, 0) is 6.54 Å². The van der Waals surface area contributed by atoms with Crippen molar-refractivity contribution < 1.29 is 4.39 Å². The van der Waals surface area contributed by atoms with Gasteiger partial charge in [-0.1, -0.05) is 18.9 Å². The highest BCUT2D eigenvalue weighted by atomic mass is 19.1. The molecule has 0 unspecified atom stereocenters. The van der Waals surface area contributed by atoms with Crippen LogP contribution in [0.4, 0.5) is 10.1 Å². The van der Waals surface area contributed by atoms with Gasteiger partial charge in [0.1, 0.15) is 5.82 Å². The SMILES string of the molecule is Cc1ccc(NCc2ccn(C3CCCC3)n2)cc1F. The summed E-state index contributed by atoms with van der Waals surface area (Å²) < 4.78 is 15.5. The van der Waals surface area contributed by atoms with E-state index in [4.69, 9.17) is 0 Å². The lowest BCUT2D eigenvalue weighted by Crippen LogP contribution is -2.07. The van der Waals surface area contributed by atoms with Gasteiger partial charge >= 0.3 is 0 Å². The summed E-state index contributed by atoms with van der Waals surface area (Å²) in [6.07, 6.45) is 7.14. The number of hydrogen-bond donors (Lipinski definition) is 1. The molecule has 2 aromatic rings. The summed E-state index contributed by atoms with van der Waals surface area (Å²) in [7, 11) is 0. The molecule has 1 aromatic carbocycles. The minimum atomic E-state index is -0.175. The van der Waals surface area contributed by atoms with E-state index in [0.29, 0.717) is 18.2 Å². The molecule has 1 aliphatic carbocycles. The Morgan fingerprint density at radius 1 is 1.30 bits per heavy atom. The first-order valence-corrected chi connectivity index (χ1v) is 7.26. The van der Waals surface area contributed by atoms with Crippen LogP contribution in [0.3, 0.4) is 0 Å². The van der Waals surface area contributed by atoms with Gasteiger partial charge in [0.2, 0.25) is 0 Å². The van der Waals surface area contributed by atoms with E-state index in [9.17, 15) is 4.39 Å². The van der Waals surface area contributed by atoms with Gasteiger partial charge in [0, 0.05) is 11.9 Å². The highest BCUT2D eigenvalue weighted by molar-refractivity contribution is 5.45. The van der Waals surface area contributed by atoms with Gasteiger partial charge in [-0.25, -0.2) is 4.39 Å². The molecule has 0 aliphatic heterocycles. The van der Waals surface area contributed by atoms with E-state index in [1.807, 2.05) is 12.1 Å². The first-order chi connectivity index (χ1) is 9.72. The Balaban J connectivity index is 1.61. The maximum Gasteiger partial charge on any atom is 0.128 e. The number of rotatable bonds is 4. The summed E-state index contributed by atoms with van der Waals surface area (Å²) in [5, 5.41) is 7.82. The molecule has 0 radical (unpaired) electrons. The molecule has 4 heteroatoms. The maximum atomic E-state index is 13.5. The predicted octanol–water partition coefficient (Wildman–Crippen LogP) is 4.06. The van der Waals surface area contributed by atoms with Crippen molar-refractivity contribution in [3.63, 3.8) is 0 Å². The zero-order valence-corrected chi connectivity index (χ0v) is 11.8. The summed E-state index contributed by atoms with van der Waals surface area (Å²) in [6, 6.07) is 7.82. The Morgan fingerprint density at radius 2 is 2.10 bits per heavy atom. The largest absolute Gasteiger partial charge is 0.379 e. The van der Waals surface area contributed by atoms with Crippen molar-refractivity contribution in [1.29, 1.82) is 0 Å². The highest BCUT2D eigenvalue weighted by Gasteiger charge is 2.17. The third kappa shape index (κ3) is 2.84. The molecule has 1 heterocycles. The number of halogens is 1. The fraction of sp³-hybridized carbons (Fsp3) is 0.438. The van der Waals surface area contributed by atoms with Crippen molar-refractivity contribution in [2.24, 2.45) is 0 Å². The molecule has 0 spiro atoms. The Labute approximate surface area is 118 Å². The third-order valence-electron chi connectivity index (χ3n) is 4.01. The van der Waals surface area contributed by atoms with Crippen LogP contribution in [0.1, 0.15) is 43.0 Å². The van der Waals surface area contributed by atoms with E-state index < -0.39 is 0 Å². The number of nitrogens with one attached hydrogen (secondary N) is 1. The predicted molar refractivity (Wildman–Crippen MR) is 78.2 cm³/mol.